The third-order valence-electron chi connectivity index (χ3n) is 6.76. The standard InChI is InChI=1S/C22H30N2O2S/c1-12-10-17(25)18(15-6-4-14(5-7-15)13(2)11-23-3)19-16-8-9-27-21(16)22(26)24-20(12)19/h4-9,12-13,16-21,23,25H,10-11H2,1-3H3,(H,24,26)/t12?,13-,16?,17?,18?,19?,20?,21?/m1/s1. The van der Waals surface area contributed by atoms with Gasteiger partial charge >= 0.3 is 0 Å². The highest BCUT2D eigenvalue weighted by molar-refractivity contribution is 8.03. The van der Waals surface area contributed by atoms with Crippen molar-refractivity contribution in [2.75, 3.05) is 13.6 Å². The van der Waals surface area contributed by atoms with Gasteiger partial charge in [-0.3, -0.25) is 4.79 Å². The second-order valence-corrected chi connectivity index (χ2v) is 9.56. The summed E-state index contributed by atoms with van der Waals surface area (Å²) in [4.78, 5) is 12.5. The van der Waals surface area contributed by atoms with Crippen molar-refractivity contribution in [1.82, 2.24) is 10.6 Å². The molecule has 1 aromatic carbocycles. The van der Waals surface area contributed by atoms with Crippen LogP contribution in [-0.4, -0.2) is 42.0 Å². The average Bonchev–Trinajstić information content (AvgIpc) is 3.14. The summed E-state index contributed by atoms with van der Waals surface area (Å²) in [6.45, 7) is 5.33. The third-order valence-corrected chi connectivity index (χ3v) is 7.89. The Kier molecular flexibility index (Phi) is 5.36. The lowest BCUT2D eigenvalue weighted by Gasteiger charge is -2.51. The van der Waals surface area contributed by atoms with Gasteiger partial charge in [-0.25, -0.2) is 0 Å². The highest BCUT2D eigenvalue weighted by Gasteiger charge is 2.53. The zero-order valence-corrected chi connectivity index (χ0v) is 17.1. The van der Waals surface area contributed by atoms with E-state index in [1.54, 1.807) is 11.8 Å². The number of piperidine rings is 1. The number of benzene rings is 1. The maximum atomic E-state index is 12.5. The zero-order valence-electron chi connectivity index (χ0n) is 16.3. The van der Waals surface area contributed by atoms with Crippen molar-refractivity contribution in [3.05, 3.63) is 46.9 Å². The van der Waals surface area contributed by atoms with E-state index >= 15 is 0 Å². The van der Waals surface area contributed by atoms with Crippen molar-refractivity contribution in [3.8, 4) is 0 Å². The summed E-state index contributed by atoms with van der Waals surface area (Å²) in [6.07, 6.45) is 2.57. The first-order valence-corrected chi connectivity index (χ1v) is 11.0. The summed E-state index contributed by atoms with van der Waals surface area (Å²) >= 11 is 1.62. The van der Waals surface area contributed by atoms with E-state index in [-0.39, 0.29) is 41.1 Å². The molecule has 2 fully saturated rings. The molecule has 1 saturated carbocycles. The summed E-state index contributed by atoms with van der Waals surface area (Å²) in [7, 11) is 1.98. The molecule has 2 heterocycles. The van der Waals surface area contributed by atoms with Gasteiger partial charge in [0.2, 0.25) is 5.91 Å². The summed E-state index contributed by atoms with van der Waals surface area (Å²) in [5.41, 5.74) is 2.51. The first-order valence-electron chi connectivity index (χ1n) is 10.1. The normalized spacial score (nSPS) is 38.8. The largest absolute Gasteiger partial charge is 0.392 e. The molecule has 146 valence electrons. The average molecular weight is 387 g/mol. The Morgan fingerprint density at radius 2 is 2.07 bits per heavy atom. The van der Waals surface area contributed by atoms with Crippen molar-refractivity contribution < 1.29 is 9.90 Å². The fourth-order valence-electron chi connectivity index (χ4n) is 5.39. The van der Waals surface area contributed by atoms with Crippen LogP contribution in [0.1, 0.15) is 43.2 Å². The summed E-state index contributed by atoms with van der Waals surface area (Å²) in [5.74, 6) is 1.43. The molecule has 0 aromatic heterocycles. The molecule has 3 N–H and O–H groups in total. The maximum absolute atomic E-state index is 12.5. The van der Waals surface area contributed by atoms with Crippen molar-refractivity contribution >= 4 is 17.7 Å². The number of fused-ring (bicyclic) bond motifs is 3. The van der Waals surface area contributed by atoms with E-state index in [2.05, 4.69) is 60.2 Å². The molecule has 2 aliphatic heterocycles. The van der Waals surface area contributed by atoms with E-state index in [1.807, 2.05) is 7.05 Å². The van der Waals surface area contributed by atoms with Gasteiger partial charge in [0.25, 0.3) is 0 Å². The fraction of sp³-hybridized carbons (Fsp3) is 0.591. The van der Waals surface area contributed by atoms with E-state index < -0.39 is 0 Å². The summed E-state index contributed by atoms with van der Waals surface area (Å²) in [5, 5.41) is 19.6. The number of carbonyl (C=O) groups excluding carboxylic acids is 1. The monoisotopic (exact) mass is 386 g/mol. The Labute approximate surface area is 166 Å². The van der Waals surface area contributed by atoms with Gasteiger partial charge in [0, 0.05) is 24.4 Å². The van der Waals surface area contributed by atoms with Crippen LogP contribution < -0.4 is 10.6 Å². The molecule has 0 bridgehead atoms. The number of amides is 1. The van der Waals surface area contributed by atoms with Gasteiger partial charge in [-0.05, 0) is 47.8 Å². The van der Waals surface area contributed by atoms with E-state index in [1.165, 1.54) is 11.1 Å². The molecular formula is C22H30N2O2S. The maximum Gasteiger partial charge on any atom is 0.234 e. The van der Waals surface area contributed by atoms with Crippen LogP contribution in [0.3, 0.4) is 0 Å². The number of nitrogens with one attached hydrogen (secondary N) is 2. The lowest BCUT2D eigenvalue weighted by atomic mass is 9.60. The van der Waals surface area contributed by atoms with Crippen molar-refractivity contribution in [1.29, 1.82) is 0 Å². The Morgan fingerprint density at radius 1 is 1.33 bits per heavy atom. The predicted octanol–water partition coefficient (Wildman–Crippen LogP) is 2.85. The number of thioether (sulfide) groups is 1. The van der Waals surface area contributed by atoms with Crippen LogP contribution in [-0.2, 0) is 4.79 Å². The molecule has 0 radical (unpaired) electrons. The molecule has 27 heavy (non-hydrogen) atoms. The highest BCUT2D eigenvalue weighted by atomic mass is 32.2. The van der Waals surface area contributed by atoms with E-state index in [0.29, 0.717) is 11.8 Å². The second-order valence-electron chi connectivity index (χ2n) is 8.51. The van der Waals surface area contributed by atoms with Gasteiger partial charge in [-0.1, -0.05) is 44.2 Å². The van der Waals surface area contributed by atoms with E-state index in [9.17, 15) is 9.90 Å². The second kappa shape index (κ2) is 7.61. The zero-order chi connectivity index (χ0) is 19.1. The molecule has 0 spiro atoms. The highest BCUT2D eigenvalue weighted by Crippen LogP contribution is 2.51. The van der Waals surface area contributed by atoms with Crippen LogP contribution in [0.4, 0.5) is 0 Å². The number of allylic oxidation sites excluding steroid dienone is 1. The third kappa shape index (κ3) is 3.34. The molecule has 3 aliphatic rings. The van der Waals surface area contributed by atoms with Gasteiger partial charge in [-0.2, -0.15) is 0 Å². The number of likely N-dealkylation sites (N-methyl/N-ethyl adjacent to an activating group) is 1. The molecule has 7 unspecified atom stereocenters. The molecular weight excluding hydrogens is 356 g/mol. The Balaban J connectivity index is 1.66. The first kappa shape index (κ1) is 19.0. The van der Waals surface area contributed by atoms with Crippen molar-refractivity contribution in [3.63, 3.8) is 0 Å². The molecule has 1 aromatic rings. The number of carbonyl (C=O) groups is 1. The van der Waals surface area contributed by atoms with Crippen LogP contribution >= 0.6 is 11.8 Å². The van der Waals surface area contributed by atoms with E-state index in [0.717, 1.165) is 13.0 Å². The SMILES string of the molecule is CNC[C@@H](C)c1ccc(C2C(O)CC(C)C3NC(=O)C4SC=CC4C32)cc1. The van der Waals surface area contributed by atoms with Crippen LogP contribution in [0.25, 0.3) is 0 Å². The molecule has 1 saturated heterocycles. The van der Waals surface area contributed by atoms with E-state index in [4.69, 9.17) is 0 Å². The van der Waals surface area contributed by atoms with Crippen LogP contribution in [0.2, 0.25) is 0 Å². The Morgan fingerprint density at radius 3 is 2.78 bits per heavy atom. The van der Waals surface area contributed by atoms with Gasteiger partial charge in [0.05, 0.1) is 11.4 Å². The van der Waals surface area contributed by atoms with Crippen LogP contribution in [0.15, 0.2) is 35.7 Å². The number of rotatable bonds is 4. The summed E-state index contributed by atoms with van der Waals surface area (Å²) < 4.78 is 0. The number of hydrogen-bond acceptors (Lipinski definition) is 4. The molecule has 8 atom stereocenters. The topological polar surface area (TPSA) is 61.4 Å². The van der Waals surface area contributed by atoms with Crippen LogP contribution in [0.5, 0.6) is 0 Å². The lowest BCUT2D eigenvalue weighted by molar-refractivity contribution is -0.128. The number of aliphatic hydroxyl groups excluding tert-OH is 1. The first-order chi connectivity index (χ1) is 13.0. The van der Waals surface area contributed by atoms with Crippen LogP contribution in [0, 0.1) is 17.8 Å². The quantitative estimate of drug-likeness (QED) is 0.745. The Bertz CT molecular complexity index is 720. The van der Waals surface area contributed by atoms with Gasteiger partial charge < -0.3 is 15.7 Å². The molecule has 4 rings (SSSR count). The number of hydrogen-bond donors (Lipinski definition) is 3. The fourth-order valence-corrected chi connectivity index (χ4v) is 6.48. The molecule has 4 nitrogen and oxygen atoms in total. The van der Waals surface area contributed by atoms with Gasteiger partial charge in [0.15, 0.2) is 0 Å². The molecule has 1 aliphatic carbocycles. The smallest absolute Gasteiger partial charge is 0.234 e. The molecule has 1 amide bonds. The van der Waals surface area contributed by atoms with Crippen molar-refractivity contribution in [2.45, 2.75) is 49.5 Å². The minimum absolute atomic E-state index is 0.0406. The minimum Gasteiger partial charge on any atom is -0.392 e. The Hall–Kier alpha value is -1.30. The predicted molar refractivity (Wildman–Crippen MR) is 111 cm³/mol. The van der Waals surface area contributed by atoms with Gasteiger partial charge in [-0.15, -0.1) is 11.8 Å². The minimum atomic E-state index is -0.364. The summed E-state index contributed by atoms with van der Waals surface area (Å²) in [6, 6.07) is 8.93. The number of aliphatic hydroxyl groups is 1. The molecule has 5 heteroatoms. The van der Waals surface area contributed by atoms with Crippen molar-refractivity contribution in [2.24, 2.45) is 17.8 Å². The lowest BCUT2D eigenvalue weighted by Crippen LogP contribution is -2.62. The van der Waals surface area contributed by atoms with Gasteiger partial charge in [0.1, 0.15) is 0 Å².